The molecule has 0 unspecified atom stereocenters. The number of rotatable bonds is 6. The normalized spacial score (nSPS) is 14.8. The Morgan fingerprint density at radius 3 is 2.16 bits per heavy atom. The molecular weight excluding hydrogens is 422 g/mol. The molecule has 1 amide bonds. The van der Waals surface area contributed by atoms with Crippen LogP contribution in [-0.2, 0) is 16.6 Å². The Morgan fingerprint density at radius 2 is 1.47 bits per heavy atom. The second-order valence-electron chi connectivity index (χ2n) is 8.02. The summed E-state index contributed by atoms with van der Waals surface area (Å²) in [5.41, 5.74) is 2.89. The molecular formula is C25H27N3O3S. The number of benzene rings is 3. The minimum atomic E-state index is -3.79. The predicted octanol–water partition coefficient (Wildman–Crippen LogP) is 3.75. The van der Waals surface area contributed by atoms with E-state index in [-0.39, 0.29) is 10.8 Å². The van der Waals surface area contributed by atoms with Gasteiger partial charge in [-0.1, -0.05) is 60.2 Å². The molecule has 0 spiro atoms. The van der Waals surface area contributed by atoms with Gasteiger partial charge in [0.05, 0.1) is 16.1 Å². The number of sulfonamides is 1. The molecule has 166 valence electrons. The first-order valence-corrected chi connectivity index (χ1v) is 12.1. The summed E-state index contributed by atoms with van der Waals surface area (Å²) >= 11 is 0. The molecule has 0 aromatic heterocycles. The van der Waals surface area contributed by atoms with Crippen LogP contribution in [0.4, 0.5) is 5.69 Å². The lowest BCUT2D eigenvalue weighted by molar-refractivity contribution is 0.0629. The number of para-hydroxylation sites is 1. The van der Waals surface area contributed by atoms with Gasteiger partial charge in [-0.3, -0.25) is 14.4 Å². The highest BCUT2D eigenvalue weighted by Gasteiger charge is 2.25. The Bertz CT molecular complexity index is 1170. The van der Waals surface area contributed by atoms with E-state index < -0.39 is 10.0 Å². The number of nitrogens with zero attached hydrogens (tertiary/aromatic N) is 2. The molecule has 4 rings (SSSR count). The van der Waals surface area contributed by atoms with Crippen molar-refractivity contribution in [2.45, 2.75) is 18.4 Å². The number of anilines is 1. The molecule has 0 bridgehead atoms. The van der Waals surface area contributed by atoms with Crippen LogP contribution in [-0.4, -0.2) is 50.3 Å². The highest BCUT2D eigenvalue weighted by atomic mass is 32.2. The van der Waals surface area contributed by atoms with E-state index in [1.165, 1.54) is 5.56 Å². The molecule has 0 saturated carbocycles. The molecule has 1 aliphatic rings. The Hall–Kier alpha value is -3.16. The van der Waals surface area contributed by atoms with Crippen molar-refractivity contribution in [3.63, 3.8) is 0 Å². The van der Waals surface area contributed by atoms with Crippen LogP contribution in [0.15, 0.2) is 83.8 Å². The summed E-state index contributed by atoms with van der Waals surface area (Å²) < 4.78 is 28.3. The SMILES string of the molecule is Cc1ccc(S(=O)(=O)Nc2ccccc2C(=O)N2CCN(Cc3ccccc3)CC2)cc1. The van der Waals surface area contributed by atoms with Gasteiger partial charge in [0.25, 0.3) is 15.9 Å². The summed E-state index contributed by atoms with van der Waals surface area (Å²) in [6, 6.07) is 23.7. The van der Waals surface area contributed by atoms with Gasteiger partial charge in [-0.15, -0.1) is 0 Å². The molecule has 0 radical (unpaired) electrons. The van der Waals surface area contributed by atoms with Gasteiger partial charge < -0.3 is 4.90 Å². The standard InChI is InChI=1S/C25H27N3O3S/c1-20-11-13-22(14-12-20)32(30,31)26-24-10-6-5-9-23(24)25(29)28-17-15-27(16-18-28)19-21-7-3-2-4-8-21/h2-14,26H,15-19H2,1H3. The zero-order valence-electron chi connectivity index (χ0n) is 18.1. The van der Waals surface area contributed by atoms with Crippen molar-refractivity contribution in [2.75, 3.05) is 30.9 Å². The third-order valence-corrected chi connectivity index (χ3v) is 7.02. The van der Waals surface area contributed by atoms with Crippen molar-refractivity contribution in [2.24, 2.45) is 0 Å². The molecule has 1 aliphatic heterocycles. The van der Waals surface area contributed by atoms with Crippen LogP contribution in [0.5, 0.6) is 0 Å². The molecule has 32 heavy (non-hydrogen) atoms. The van der Waals surface area contributed by atoms with Gasteiger partial charge in [-0.05, 0) is 36.8 Å². The van der Waals surface area contributed by atoms with E-state index in [0.717, 1.165) is 25.2 Å². The van der Waals surface area contributed by atoms with E-state index in [1.54, 1.807) is 53.4 Å². The topological polar surface area (TPSA) is 69.7 Å². The molecule has 1 heterocycles. The first-order chi connectivity index (χ1) is 15.4. The third kappa shape index (κ3) is 5.18. The Morgan fingerprint density at radius 1 is 0.844 bits per heavy atom. The number of carbonyl (C=O) groups is 1. The highest BCUT2D eigenvalue weighted by molar-refractivity contribution is 7.92. The van der Waals surface area contributed by atoms with Gasteiger partial charge in [0.1, 0.15) is 0 Å². The number of hydrogen-bond donors (Lipinski definition) is 1. The maximum absolute atomic E-state index is 13.2. The Kier molecular flexibility index (Phi) is 6.58. The average Bonchev–Trinajstić information content (AvgIpc) is 2.80. The number of aryl methyl sites for hydroxylation is 1. The number of piperazine rings is 1. The highest BCUT2D eigenvalue weighted by Crippen LogP contribution is 2.22. The molecule has 3 aromatic rings. The predicted molar refractivity (Wildman–Crippen MR) is 126 cm³/mol. The molecule has 1 fully saturated rings. The van der Waals surface area contributed by atoms with Crippen molar-refractivity contribution < 1.29 is 13.2 Å². The fraction of sp³-hybridized carbons (Fsp3) is 0.240. The monoisotopic (exact) mass is 449 g/mol. The third-order valence-electron chi connectivity index (χ3n) is 5.64. The number of hydrogen-bond acceptors (Lipinski definition) is 4. The Labute approximate surface area is 189 Å². The lowest BCUT2D eigenvalue weighted by Gasteiger charge is -2.35. The second kappa shape index (κ2) is 9.54. The minimum absolute atomic E-state index is 0.161. The van der Waals surface area contributed by atoms with Gasteiger partial charge in [0.15, 0.2) is 0 Å². The van der Waals surface area contributed by atoms with Crippen molar-refractivity contribution in [3.05, 3.63) is 95.6 Å². The van der Waals surface area contributed by atoms with Crippen molar-refractivity contribution in [1.29, 1.82) is 0 Å². The van der Waals surface area contributed by atoms with E-state index in [9.17, 15) is 13.2 Å². The fourth-order valence-corrected chi connectivity index (χ4v) is 4.88. The van der Waals surface area contributed by atoms with Crippen LogP contribution in [0.3, 0.4) is 0 Å². The molecule has 0 aliphatic carbocycles. The molecule has 6 nitrogen and oxygen atoms in total. The number of carbonyl (C=O) groups excluding carboxylic acids is 1. The van der Waals surface area contributed by atoms with E-state index in [1.807, 2.05) is 25.1 Å². The largest absolute Gasteiger partial charge is 0.336 e. The number of amides is 1. The molecule has 0 atom stereocenters. The quantitative estimate of drug-likeness (QED) is 0.622. The molecule has 1 N–H and O–H groups in total. The Balaban J connectivity index is 1.44. The molecule has 7 heteroatoms. The summed E-state index contributed by atoms with van der Waals surface area (Å²) in [5, 5.41) is 0. The van der Waals surface area contributed by atoms with Crippen molar-refractivity contribution in [1.82, 2.24) is 9.80 Å². The van der Waals surface area contributed by atoms with E-state index >= 15 is 0 Å². The number of nitrogens with one attached hydrogen (secondary N) is 1. The molecule has 1 saturated heterocycles. The first-order valence-electron chi connectivity index (χ1n) is 10.7. The van der Waals surface area contributed by atoms with Gasteiger partial charge in [-0.2, -0.15) is 0 Å². The maximum Gasteiger partial charge on any atom is 0.261 e. The van der Waals surface area contributed by atoms with Gasteiger partial charge in [0, 0.05) is 32.7 Å². The van der Waals surface area contributed by atoms with Crippen LogP contribution in [0.25, 0.3) is 0 Å². The molecule has 3 aromatic carbocycles. The van der Waals surface area contributed by atoms with Gasteiger partial charge in [0.2, 0.25) is 0 Å². The van der Waals surface area contributed by atoms with Crippen LogP contribution in [0.1, 0.15) is 21.5 Å². The van der Waals surface area contributed by atoms with E-state index in [4.69, 9.17) is 0 Å². The zero-order chi connectivity index (χ0) is 22.6. The lowest BCUT2D eigenvalue weighted by atomic mass is 10.1. The summed E-state index contributed by atoms with van der Waals surface area (Å²) in [7, 11) is -3.79. The van der Waals surface area contributed by atoms with Crippen LogP contribution < -0.4 is 4.72 Å². The maximum atomic E-state index is 13.2. The lowest BCUT2D eigenvalue weighted by Crippen LogP contribution is -2.48. The van der Waals surface area contributed by atoms with Crippen molar-refractivity contribution in [3.8, 4) is 0 Å². The smallest absolute Gasteiger partial charge is 0.261 e. The second-order valence-corrected chi connectivity index (χ2v) is 9.70. The van der Waals surface area contributed by atoms with Crippen LogP contribution in [0, 0.1) is 6.92 Å². The van der Waals surface area contributed by atoms with Gasteiger partial charge >= 0.3 is 0 Å². The van der Waals surface area contributed by atoms with E-state index in [2.05, 4.69) is 21.8 Å². The van der Waals surface area contributed by atoms with Crippen molar-refractivity contribution >= 4 is 21.6 Å². The summed E-state index contributed by atoms with van der Waals surface area (Å²) in [6.45, 7) is 5.51. The summed E-state index contributed by atoms with van der Waals surface area (Å²) in [4.78, 5) is 17.5. The fourth-order valence-electron chi connectivity index (χ4n) is 3.80. The van der Waals surface area contributed by atoms with Crippen LogP contribution >= 0.6 is 0 Å². The zero-order valence-corrected chi connectivity index (χ0v) is 18.9. The van der Waals surface area contributed by atoms with E-state index in [0.29, 0.717) is 24.3 Å². The van der Waals surface area contributed by atoms with Crippen LogP contribution in [0.2, 0.25) is 0 Å². The minimum Gasteiger partial charge on any atom is -0.336 e. The average molecular weight is 450 g/mol. The van der Waals surface area contributed by atoms with Gasteiger partial charge in [-0.25, -0.2) is 8.42 Å². The first kappa shape index (κ1) is 22.0. The summed E-state index contributed by atoms with van der Waals surface area (Å²) in [5.74, 6) is -0.161. The summed E-state index contributed by atoms with van der Waals surface area (Å²) in [6.07, 6.45) is 0.